The lowest BCUT2D eigenvalue weighted by Gasteiger charge is -2.25. The van der Waals surface area contributed by atoms with Crippen LogP contribution in [-0.2, 0) is 32.1 Å². The van der Waals surface area contributed by atoms with Gasteiger partial charge in [0.25, 0.3) is 0 Å². The van der Waals surface area contributed by atoms with Crippen molar-refractivity contribution in [2.45, 2.75) is 91.9 Å². The molecule has 4 rings (SSSR count). The molecule has 0 aliphatic heterocycles. The van der Waals surface area contributed by atoms with Gasteiger partial charge in [-0.15, -0.1) is 0 Å². The predicted octanol–water partition coefficient (Wildman–Crippen LogP) is 8.41. The minimum Gasteiger partial charge on any atom is -0.0801 e. The number of benzene rings is 2. The Morgan fingerprint density at radius 2 is 1.37 bits per heavy atom. The maximum absolute atomic E-state index is 2.40. The molecule has 0 bridgehead atoms. The van der Waals surface area contributed by atoms with Crippen LogP contribution in [0.15, 0.2) is 36.4 Å². The molecule has 30 heavy (non-hydrogen) atoms. The summed E-state index contributed by atoms with van der Waals surface area (Å²) in [7, 11) is 0. The molecule has 0 unspecified atom stereocenters. The number of rotatable bonds is 9. The molecule has 0 nitrogen and oxygen atoms in total. The third-order valence-corrected chi connectivity index (χ3v) is 6.90. The van der Waals surface area contributed by atoms with Crippen molar-refractivity contribution in [1.82, 2.24) is 0 Å². The normalized spacial score (nSPS) is 14.2. The number of hydrogen-bond acceptors (Lipinski definition) is 0. The van der Waals surface area contributed by atoms with Crippen LogP contribution in [0.25, 0.3) is 16.7 Å². The van der Waals surface area contributed by atoms with Crippen LogP contribution in [0.3, 0.4) is 0 Å². The highest BCUT2D eigenvalue weighted by molar-refractivity contribution is 5.90. The van der Waals surface area contributed by atoms with Gasteiger partial charge in [0.15, 0.2) is 0 Å². The quantitative estimate of drug-likeness (QED) is 0.339. The lowest BCUT2D eigenvalue weighted by molar-refractivity contribution is 0.822. The van der Waals surface area contributed by atoms with Crippen molar-refractivity contribution in [1.29, 1.82) is 0 Å². The molecule has 2 aliphatic carbocycles. The average molecular weight is 399 g/mol. The Balaban J connectivity index is 2.08. The maximum Gasteiger partial charge on any atom is -0.000709 e. The van der Waals surface area contributed by atoms with Gasteiger partial charge in [-0.25, -0.2) is 0 Å². The molecule has 0 amide bonds. The second kappa shape index (κ2) is 9.38. The van der Waals surface area contributed by atoms with Crippen LogP contribution in [-0.4, -0.2) is 0 Å². The fourth-order valence-corrected chi connectivity index (χ4v) is 5.87. The molecule has 158 valence electrons. The van der Waals surface area contributed by atoms with Gasteiger partial charge in [0.05, 0.1) is 0 Å². The molecule has 2 aliphatic rings. The molecule has 2 aromatic rings. The average Bonchev–Trinajstić information content (AvgIpc) is 3.39. The van der Waals surface area contributed by atoms with E-state index >= 15 is 0 Å². The summed E-state index contributed by atoms with van der Waals surface area (Å²) in [5.74, 6) is 0. The summed E-state index contributed by atoms with van der Waals surface area (Å²) in [5, 5.41) is 0. The van der Waals surface area contributed by atoms with Crippen molar-refractivity contribution in [3.05, 3.63) is 75.4 Å². The zero-order chi connectivity index (χ0) is 21.1. The molecule has 0 atom stereocenters. The molecular weight excluding hydrogens is 360 g/mol. The van der Waals surface area contributed by atoms with Crippen molar-refractivity contribution >= 4 is 5.57 Å². The van der Waals surface area contributed by atoms with E-state index in [-0.39, 0.29) is 0 Å². The van der Waals surface area contributed by atoms with Crippen molar-refractivity contribution < 1.29 is 0 Å². The van der Waals surface area contributed by atoms with Gasteiger partial charge in [0.1, 0.15) is 0 Å². The second-order valence-corrected chi connectivity index (χ2v) is 9.12. The minimum absolute atomic E-state index is 1.10. The predicted molar refractivity (Wildman–Crippen MR) is 132 cm³/mol. The molecule has 0 saturated carbocycles. The Hall–Kier alpha value is -2.08. The zero-order valence-electron chi connectivity index (χ0n) is 19.5. The van der Waals surface area contributed by atoms with Gasteiger partial charge in [-0.1, -0.05) is 89.8 Å². The second-order valence-electron chi connectivity index (χ2n) is 9.12. The van der Waals surface area contributed by atoms with Crippen molar-refractivity contribution in [2.75, 3.05) is 0 Å². The Morgan fingerprint density at radius 3 is 2.00 bits per heavy atom. The SMILES string of the molecule is CCCc1cccc2c1-c1c(CCC)c(CCC)c(CCC)c(C3=CC=CC3)c1C2. The molecule has 0 aromatic heterocycles. The van der Waals surface area contributed by atoms with Crippen molar-refractivity contribution in [3.63, 3.8) is 0 Å². The Bertz CT molecular complexity index is 984. The van der Waals surface area contributed by atoms with E-state index in [2.05, 4.69) is 64.1 Å². The third kappa shape index (κ3) is 3.59. The van der Waals surface area contributed by atoms with Crippen LogP contribution in [0.4, 0.5) is 0 Å². The van der Waals surface area contributed by atoms with Crippen LogP contribution >= 0.6 is 0 Å². The number of hydrogen-bond donors (Lipinski definition) is 0. The fourth-order valence-electron chi connectivity index (χ4n) is 5.87. The molecule has 0 saturated heterocycles. The zero-order valence-corrected chi connectivity index (χ0v) is 19.5. The molecule has 2 aromatic carbocycles. The lowest BCUT2D eigenvalue weighted by Crippen LogP contribution is -2.10. The maximum atomic E-state index is 2.40. The largest absolute Gasteiger partial charge is 0.0801 e. The summed E-state index contributed by atoms with van der Waals surface area (Å²) in [5.41, 5.74) is 16.3. The highest BCUT2D eigenvalue weighted by Crippen LogP contribution is 2.49. The molecule has 0 radical (unpaired) electrons. The van der Waals surface area contributed by atoms with E-state index in [0.29, 0.717) is 0 Å². The van der Waals surface area contributed by atoms with Gasteiger partial charge in [0.2, 0.25) is 0 Å². The van der Waals surface area contributed by atoms with Gasteiger partial charge in [-0.05, 0) is 94.2 Å². The third-order valence-electron chi connectivity index (χ3n) is 6.90. The van der Waals surface area contributed by atoms with Crippen LogP contribution in [0.1, 0.15) is 98.7 Å². The molecule has 0 fully saturated rings. The summed E-state index contributed by atoms with van der Waals surface area (Å²) in [6, 6.07) is 7.09. The number of aryl methyl sites for hydroxylation is 1. The Kier molecular flexibility index (Phi) is 6.61. The highest BCUT2D eigenvalue weighted by atomic mass is 14.3. The molecule has 0 heterocycles. The summed E-state index contributed by atoms with van der Waals surface area (Å²) < 4.78 is 0. The summed E-state index contributed by atoms with van der Waals surface area (Å²) in [6.07, 6.45) is 18.9. The summed E-state index contributed by atoms with van der Waals surface area (Å²) >= 11 is 0. The first kappa shape index (κ1) is 21.2. The van der Waals surface area contributed by atoms with Crippen LogP contribution in [0.2, 0.25) is 0 Å². The highest BCUT2D eigenvalue weighted by Gasteiger charge is 2.31. The van der Waals surface area contributed by atoms with Gasteiger partial charge < -0.3 is 0 Å². The van der Waals surface area contributed by atoms with E-state index < -0.39 is 0 Å². The lowest BCUT2D eigenvalue weighted by atomic mass is 9.79. The molecule has 0 N–H and O–H groups in total. The van der Waals surface area contributed by atoms with Gasteiger partial charge >= 0.3 is 0 Å². The Labute approximate surface area is 184 Å². The van der Waals surface area contributed by atoms with E-state index in [1.807, 2.05) is 0 Å². The van der Waals surface area contributed by atoms with E-state index in [0.717, 1.165) is 12.8 Å². The summed E-state index contributed by atoms with van der Waals surface area (Å²) in [6.45, 7) is 9.37. The molecule has 0 heteroatoms. The van der Waals surface area contributed by atoms with E-state index in [1.165, 1.54) is 51.4 Å². The van der Waals surface area contributed by atoms with Crippen molar-refractivity contribution in [2.24, 2.45) is 0 Å². The first-order valence-corrected chi connectivity index (χ1v) is 12.4. The van der Waals surface area contributed by atoms with E-state index in [4.69, 9.17) is 0 Å². The fraction of sp³-hybridized carbons (Fsp3) is 0.467. The monoisotopic (exact) mass is 398 g/mol. The van der Waals surface area contributed by atoms with Gasteiger partial charge in [0, 0.05) is 0 Å². The smallest absolute Gasteiger partial charge is 0.000709 e. The Morgan fingerprint density at radius 1 is 0.700 bits per heavy atom. The topological polar surface area (TPSA) is 0 Å². The molecular formula is C30H38. The minimum atomic E-state index is 1.10. The van der Waals surface area contributed by atoms with Crippen LogP contribution < -0.4 is 0 Å². The number of allylic oxidation sites excluding steroid dienone is 4. The van der Waals surface area contributed by atoms with Crippen LogP contribution in [0, 0.1) is 0 Å². The van der Waals surface area contributed by atoms with Crippen molar-refractivity contribution in [3.8, 4) is 11.1 Å². The first-order chi connectivity index (χ1) is 14.7. The van der Waals surface area contributed by atoms with Gasteiger partial charge in [-0.2, -0.15) is 0 Å². The standard InChI is InChI=1S/C30H38/c1-5-12-21-18-11-19-23-20-27-29(22-16-9-10-17-22)25(14-7-3)24(13-6-2)26(15-8-4)30(27)28(21)23/h9-11,16,18-19H,5-8,12-15,17,20H2,1-4H3. The van der Waals surface area contributed by atoms with Gasteiger partial charge in [-0.3, -0.25) is 0 Å². The molecule has 0 spiro atoms. The first-order valence-electron chi connectivity index (χ1n) is 12.4. The summed E-state index contributed by atoms with van der Waals surface area (Å²) in [4.78, 5) is 0. The van der Waals surface area contributed by atoms with Crippen LogP contribution in [0.5, 0.6) is 0 Å². The van der Waals surface area contributed by atoms with E-state index in [9.17, 15) is 0 Å². The van der Waals surface area contributed by atoms with E-state index in [1.54, 1.807) is 55.6 Å². The number of fused-ring (bicyclic) bond motifs is 3.